The summed E-state index contributed by atoms with van der Waals surface area (Å²) >= 11 is 12.4. The number of halogens is 1. The largest absolute Gasteiger partial charge is 0.347 e. The second kappa shape index (κ2) is 4.07. The summed E-state index contributed by atoms with van der Waals surface area (Å²) in [6.07, 6.45) is 0. The molecule has 0 unspecified atom stereocenters. The monoisotopic (exact) mass is 198 g/mol. The van der Waals surface area contributed by atoms with Gasteiger partial charge in [0.2, 0.25) is 0 Å². The molecule has 0 saturated carbocycles. The average Bonchev–Trinajstić information content (AvgIpc) is 1.64. The molecule has 7 heteroatoms. The number of nitrogens with zero attached hydrogens (tertiary/aromatic N) is 2. The minimum Gasteiger partial charge on any atom is -0.165 e. The van der Waals surface area contributed by atoms with Crippen molar-refractivity contribution in [3.8, 4) is 0 Å². The quantitative estimate of drug-likeness (QED) is 0.387. The molecule has 0 aliphatic rings. The Morgan fingerprint density at radius 2 is 1.56 bits per heavy atom. The van der Waals surface area contributed by atoms with E-state index in [0.717, 1.165) is 0 Å². The fraction of sp³-hybridized carbons (Fsp3) is 0. The van der Waals surface area contributed by atoms with Crippen LogP contribution >= 0.6 is 31.1 Å². The summed E-state index contributed by atoms with van der Waals surface area (Å²) in [5.74, 6) is 0. The van der Waals surface area contributed by atoms with Gasteiger partial charge in [0.05, 0.1) is 10.3 Å². The Kier molecular flexibility index (Phi) is 4.15. The van der Waals surface area contributed by atoms with Gasteiger partial charge < -0.3 is 0 Å². The summed E-state index contributed by atoms with van der Waals surface area (Å²) in [5.41, 5.74) is 0. The summed E-state index contributed by atoms with van der Waals surface area (Å²) in [7, 11) is 0. The van der Waals surface area contributed by atoms with E-state index in [-0.39, 0.29) is 0 Å². The maximum atomic E-state index is 12.4. The number of hydrogen-bond acceptors (Lipinski definition) is 3. The third-order valence-corrected chi connectivity index (χ3v) is 1.96. The van der Waals surface area contributed by atoms with Gasteiger partial charge in [0.15, 0.2) is 0 Å². The fourth-order valence-corrected chi connectivity index (χ4v) is 1.57. The van der Waals surface area contributed by atoms with Gasteiger partial charge in [-0.25, -0.2) is 0 Å². The molecule has 0 aromatic heterocycles. The number of thiocarbonyl (C=S) groups is 2. The molecule has 0 atom stereocenters. The smallest absolute Gasteiger partial charge is 0.165 e. The molecule has 0 N–H and O–H groups in total. The Labute approximate surface area is 67.1 Å². The van der Waals surface area contributed by atoms with Crippen LogP contribution in [0, 0.1) is 0 Å². The van der Waals surface area contributed by atoms with E-state index < -0.39 is 6.65 Å². The molecule has 0 fully saturated rings. The van der Waals surface area contributed by atoms with E-state index in [9.17, 15) is 4.20 Å². The van der Waals surface area contributed by atoms with Gasteiger partial charge >= 0.3 is 6.65 Å². The van der Waals surface area contributed by atoms with Crippen molar-refractivity contribution in [3.63, 3.8) is 0 Å². The molecule has 2 nitrogen and oxygen atoms in total. The highest BCUT2D eigenvalue weighted by Crippen LogP contribution is 2.49. The Balaban J connectivity index is 4.59. The zero-order valence-corrected chi connectivity index (χ0v) is 7.29. The highest BCUT2D eigenvalue weighted by Gasteiger charge is 2.07. The molecule has 0 aliphatic carbocycles. The Hall–Kier alpha value is 0.180. The molecule has 0 bridgehead atoms. The first-order valence-corrected chi connectivity index (χ1v) is 5.02. The number of rotatable bonds is 2. The van der Waals surface area contributed by atoms with Crippen LogP contribution in [0.5, 0.6) is 0 Å². The van der Waals surface area contributed by atoms with Gasteiger partial charge in [-0.3, -0.25) is 0 Å². The standard InChI is InChI=1S/C2FN2PS3/c3-6(9,4-1-7)5-2-8. The van der Waals surface area contributed by atoms with E-state index in [1.54, 1.807) is 10.3 Å². The molecular formula is C2FN2PS3. The first-order valence-electron chi connectivity index (χ1n) is 1.61. The molecule has 0 aliphatic heterocycles. The number of isothiocyanates is 2. The zero-order valence-electron chi connectivity index (χ0n) is 3.94. The van der Waals surface area contributed by atoms with Gasteiger partial charge in [-0.05, 0) is 36.2 Å². The summed E-state index contributed by atoms with van der Waals surface area (Å²) in [6.45, 7) is -3.54. The maximum Gasteiger partial charge on any atom is 0.347 e. The highest BCUT2D eigenvalue weighted by atomic mass is 32.5. The molecule has 48 valence electrons. The third kappa shape index (κ3) is 4.67. The van der Waals surface area contributed by atoms with Gasteiger partial charge in [0.1, 0.15) is 0 Å². The summed E-state index contributed by atoms with van der Waals surface area (Å²) in [4.78, 5) is 0. The van der Waals surface area contributed by atoms with Crippen molar-refractivity contribution < 1.29 is 4.20 Å². The first-order chi connectivity index (χ1) is 4.12. The third-order valence-electron chi connectivity index (χ3n) is 0.328. The van der Waals surface area contributed by atoms with E-state index >= 15 is 0 Å². The van der Waals surface area contributed by atoms with Crippen molar-refractivity contribution >= 4 is 53.2 Å². The maximum absolute atomic E-state index is 12.4. The lowest BCUT2D eigenvalue weighted by Gasteiger charge is -1.88. The predicted molar refractivity (Wildman–Crippen MR) is 45.4 cm³/mol. The van der Waals surface area contributed by atoms with Crippen molar-refractivity contribution in [1.82, 2.24) is 0 Å². The minimum absolute atomic E-state index is 1.79. The fourth-order valence-electron chi connectivity index (χ4n) is 0.123. The highest BCUT2D eigenvalue weighted by molar-refractivity contribution is 8.11. The molecule has 0 rings (SSSR count). The molecule has 0 aromatic carbocycles. The zero-order chi connectivity index (χ0) is 7.33. The lowest BCUT2D eigenvalue weighted by molar-refractivity contribution is 0.888. The second-order valence-electron chi connectivity index (χ2n) is 0.856. The summed E-state index contributed by atoms with van der Waals surface area (Å²) in [6, 6.07) is 0. The van der Waals surface area contributed by atoms with E-state index in [4.69, 9.17) is 0 Å². The SMILES string of the molecule is FP(=S)(N=C=S)N=C=S. The van der Waals surface area contributed by atoms with Crippen molar-refractivity contribution in [3.05, 3.63) is 0 Å². The molecule has 0 spiro atoms. The van der Waals surface area contributed by atoms with Crippen LogP contribution in [0.3, 0.4) is 0 Å². The van der Waals surface area contributed by atoms with Gasteiger partial charge in [0.25, 0.3) is 0 Å². The lowest BCUT2D eigenvalue weighted by atomic mass is 11.8. The van der Waals surface area contributed by atoms with Crippen LogP contribution < -0.4 is 0 Å². The number of hydrogen-bond donors (Lipinski definition) is 0. The van der Waals surface area contributed by atoms with Crippen LogP contribution in [0.1, 0.15) is 0 Å². The Bertz CT molecular complexity index is 216. The van der Waals surface area contributed by atoms with Crippen molar-refractivity contribution in [1.29, 1.82) is 0 Å². The van der Waals surface area contributed by atoms with Crippen LogP contribution in [-0.2, 0) is 11.8 Å². The predicted octanol–water partition coefficient (Wildman–Crippen LogP) is 2.39. The van der Waals surface area contributed by atoms with E-state index in [1.807, 2.05) is 0 Å². The van der Waals surface area contributed by atoms with Gasteiger partial charge in [0, 0.05) is 0 Å². The van der Waals surface area contributed by atoms with Crippen LogP contribution in [0.25, 0.3) is 0 Å². The molecule has 0 amide bonds. The van der Waals surface area contributed by atoms with E-state index in [1.165, 1.54) is 0 Å². The molecular weight excluding hydrogens is 198 g/mol. The van der Waals surface area contributed by atoms with Crippen LogP contribution in [-0.4, -0.2) is 10.3 Å². The van der Waals surface area contributed by atoms with E-state index in [2.05, 4.69) is 45.8 Å². The lowest BCUT2D eigenvalue weighted by Crippen LogP contribution is -1.55. The van der Waals surface area contributed by atoms with E-state index in [0.29, 0.717) is 0 Å². The van der Waals surface area contributed by atoms with Crippen molar-refractivity contribution in [2.75, 3.05) is 0 Å². The minimum atomic E-state index is -3.54. The van der Waals surface area contributed by atoms with Crippen LogP contribution in [0.2, 0.25) is 0 Å². The average molecular weight is 198 g/mol. The van der Waals surface area contributed by atoms with Crippen LogP contribution in [0.4, 0.5) is 4.20 Å². The summed E-state index contributed by atoms with van der Waals surface area (Å²) < 4.78 is 18.4. The Morgan fingerprint density at radius 1 is 1.22 bits per heavy atom. The van der Waals surface area contributed by atoms with Gasteiger partial charge in [-0.2, -0.15) is 4.20 Å². The molecule has 0 saturated heterocycles. The first kappa shape index (κ1) is 9.18. The molecule has 0 aromatic rings. The van der Waals surface area contributed by atoms with Crippen molar-refractivity contribution in [2.45, 2.75) is 0 Å². The Morgan fingerprint density at radius 3 is 1.78 bits per heavy atom. The molecule has 0 radical (unpaired) electrons. The molecule has 0 heterocycles. The van der Waals surface area contributed by atoms with Gasteiger partial charge in [-0.15, -0.1) is 9.53 Å². The van der Waals surface area contributed by atoms with Crippen molar-refractivity contribution in [2.24, 2.45) is 9.53 Å². The summed E-state index contributed by atoms with van der Waals surface area (Å²) in [5, 5.41) is 3.58. The molecule has 9 heavy (non-hydrogen) atoms. The van der Waals surface area contributed by atoms with Gasteiger partial charge in [-0.1, -0.05) is 0 Å². The normalized spacial score (nSPS) is 14.3. The topological polar surface area (TPSA) is 24.7 Å². The second-order valence-corrected chi connectivity index (χ2v) is 3.96. The van der Waals surface area contributed by atoms with Crippen LogP contribution in [0.15, 0.2) is 9.53 Å².